The molecule has 1 amide bonds. The van der Waals surface area contributed by atoms with Gasteiger partial charge >= 0.3 is 6.09 Å². The molecule has 1 fully saturated rings. The largest absolute Gasteiger partial charge is 0.442 e. The van der Waals surface area contributed by atoms with Crippen molar-refractivity contribution < 1.29 is 13.9 Å². The number of hydrogen-bond donors (Lipinski definition) is 4. The number of nitrogens with one attached hydrogen (secondary N) is 4. The van der Waals surface area contributed by atoms with E-state index in [2.05, 4.69) is 21.3 Å². The number of para-hydroxylation sites is 1. The Labute approximate surface area is 242 Å². The van der Waals surface area contributed by atoms with E-state index in [1.165, 1.54) is 17.0 Å². The first-order valence-corrected chi connectivity index (χ1v) is 13.4. The van der Waals surface area contributed by atoms with E-state index >= 15 is 4.39 Å². The molecule has 1 aliphatic rings. The maximum absolute atomic E-state index is 15.0. The lowest BCUT2D eigenvalue weighted by atomic mass is 10.2. The first kappa shape index (κ1) is 27.6. The Morgan fingerprint density at radius 2 is 1.41 bits per heavy atom. The number of cyclic esters (lactones) is 1. The van der Waals surface area contributed by atoms with Gasteiger partial charge in [-0.25, -0.2) is 9.18 Å². The number of benzene rings is 3. The molecule has 10 heteroatoms. The van der Waals surface area contributed by atoms with Gasteiger partial charge in [0.1, 0.15) is 11.9 Å². The van der Waals surface area contributed by atoms with Gasteiger partial charge in [-0.05, 0) is 85.8 Å². The molecule has 1 atom stereocenters. The minimum atomic E-state index is -0.553. The van der Waals surface area contributed by atoms with Gasteiger partial charge in [0.15, 0.2) is 0 Å². The third kappa shape index (κ3) is 7.17. The molecule has 0 bridgehead atoms. The average molecular weight is 570 g/mol. The molecule has 1 aliphatic heterocycles. The summed E-state index contributed by atoms with van der Waals surface area (Å²) in [5.41, 5.74) is 3.90. The first-order chi connectivity index (χ1) is 19.8. The molecule has 1 saturated heterocycles. The van der Waals surface area contributed by atoms with E-state index in [0.29, 0.717) is 28.6 Å². The highest BCUT2D eigenvalue weighted by Gasteiger charge is 2.32. The maximum atomic E-state index is 15.0. The number of hydrogen-bond acceptors (Lipinski definition) is 7. The van der Waals surface area contributed by atoms with Crippen LogP contribution in [0.3, 0.4) is 0 Å². The van der Waals surface area contributed by atoms with Crippen molar-refractivity contribution in [2.24, 2.45) is 0 Å². The Kier molecular flexibility index (Phi) is 8.40. The molecule has 1 unspecified atom stereocenters. The van der Waals surface area contributed by atoms with Crippen LogP contribution in [0.5, 0.6) is 0 Å². The van der Waals surface area contributed by atoms with E-state index in [-0.39, 0.29) is 17.7 Å². The van der Waals surface area contributed by atoms with Gasteiger partial charge in [-0.2, -0.15) is 0 Å². The third-order valence-corrected chi connectivity index (χ3v) is 6.48. The Morgan fingerprint density at radius 1 is 0.829 bits per heavy atom. The van der Waals surface area contributed by atoms with E-state index in [9.17, 15) is 9.59 Å². The van der Waals surface area contributed by atoms with Gasteiger partial charge < -0.3 is 26.0 Å². The Morgan fingerprint density at radius 3 is 2.10 bits per heavy atom. The number of anilines is 7. The van der Waals surface area contributed by atoms with Crippen molar-refractivity contribution in [2.75, 3.05) is 33.9 Å². The van der Waals surface area contributed by atoms with Crippen molar-refractivity contribution in [2.45, 2.75) is 13.0 Å². The number of carbonyl (C=O) groups excluding carboxylic acids is 1. The monoisotopic (exact) mass is 569 g/mol. The standard InChI is InChI=1S/C31H28FN5O3S/c1-20(41)33-18-26-19-37(31(39)40-26)25-13-15-28(27(32)17-25)35-24-11-14-29(30(38)16-12-24)36-23-9-7-22(8-10-23)34-21-5-3-2-4-6-21/h2-17,26,34-35H,18-19H2,1H3,(H,33,41)(H,36,38). The SMILES string of the molecule is CC(=S)NCC1CN(c2ccc(Nc3ccc(Nc4ccc(Nc5ccccc5)cc4)c(=O)cc3)c(F)c2)C(=O)O1. The fraction of sp³-hybridized carbons (Fsp3) is 0.129. The van der Waals surface area contributed by atoms with Crippen LogP contribution in [0.1, 0.15) is 6.92 Å². The number of halogens is 1. The highest BCUT2D eigenvalue weighted by atomic mass is 32.1. The number of nitrogens with zero attached hydrogens (tertiary/aromatic N) is 1. The first-order valence-electron chi connectivity index (χ1n) is 13.0. The van der Waals surface area contributed by atoms with Crippen LogP contribution in [-0.4, -0.2) is 30.3 Å². The van der Waals surface area contributed by atoms with Crippen molar-refractivity contribution >= 4 is 63.1 Å². The molecule has 208 valence electrons. The van der Waals surface area contributed by atoms with E-state index in [1.807, 2.05) is 54.6 Å². The van der Waals surface area contributed by atoms with Crippen LogP contribution in [0, 0.1) is 5.82 Å². The van der Waals surface area contributed by atoms with Gasteiger partial charge in [0.2, 0.25) is 5.43 Å². The van der Waals surface area contributed by atoms with Crippen LogP contribution in [0.4, 0.5) is 49.0 Å². The molecule has 0 aromatic heterocycles. The fourth-order valence-electron chi connectivity index (χ4n) is 4.26. The molecule has 0 radical (unpaired) electrons. The molecule has 41 heavy (non-hydrogen) atoms. The summed E-state index contributed by atoms with van der Waals surface area (Å²) < 4.78 is 20.4. The zero-order valence-corrected chi connectivity index (χ0v) is 23.0. The summed E-state index contributed by atoms with van der Waals surface area (Å²) in [5.74, 6) is -0.553. The Bertz CT molecular complexity index is 1620. The van der Waals surface area contributed by atoms with Crippen LogP contribution in [0.2, 0.25) is 0 Å². The van der Waals surface area contributed by atoms with Gasteiger partial charge in [-0.1, -0.05) is 30.4 Å². The lowest BCUT2D eigenvalue weighted by Gasteiger charge is -2.15. The fourth-order valence-corrected chi connectivity index (χ4v) is 4.34. The Hall–Kier alpha value is -4.96. The summed E-state index contributed by atoms with van der Waals surface area (Å²) >= 11 is 5.00. The lowest BCUT2D eigenvalue weighted by Crippen LogP contribution is -2.32. The van der Waals surface area contributed by atoms with E-state index < -0.39 is 18.0 Å². The van der Waals surface area contributed by atoms with Gasteiger partial charge in [0.25, 0.3) is 0 Å². The zero-order chi connectivity index (χ0) is 28.8. The van der Waals surface area contributed by atoms with Crippen molar-refractivity contribution in [1.82, 2.24) is 5.32 Å². The second-order valence-electron chi connectivity index (χ2n) is 9.44. The summed E-state index contributed by atoms with van der Waals surface area (Å²) in [6.45, 7) is 2.42. The number of rotatable bonds is 9. The second kappa shape index (κ2) is 12.5. The van der Waals surface area contributed by atoms with Gasteiger partial charge in [-0.3, -0.25) is 9.69 Å². The maximum Gasteiger partial charge on any atom is 0.414 e. The van der Waals surface area contributed by atoms with Crippen LogP contribution in [0.25, 0.3) is 0 Å². The van der Waals surface area contributed by atoms with Crippen molar-refractivity contribution in [1.29, 1.82) is 0 Å². The minimum Gasteiger partial charge on any atom is -0.442 e. The van der Waals surface area contributed by atoms with Crippen LogP contribution >= 0.6 is 12.2 Å². The highest BCUT2D eigenvalue weighted by Crippen LogP contribution is 2.28. The third-order valence-electron chi connectivity index (χ3n) is 6.33. The topological polar surface area (TPSA) is 94.7 Å². The van der Waals surface area contributed by atoms with E-state index in [1.54, 1.807) is 37.3 Å². The predicted molar refractivity (Wildman–Crippen MR) is 166 cm³/mol. The predicted octanol–water partition coefficient (Wildman–Crippen LogP) is 6.68. The molecule has 1 heterocycles. The molecule has 5 rings (SSSR count). The summed E-state index contributed by atoms with van der Waals surface area (Å²) in [7, 11) is 0. The molecule has 8 nitrogen and oxygen atoms in total. The van der Waals surface area contributed by atoms with Crippen LogP contribution in [0.15, 0.2) is 102 Å². The zero-order valence-electron chi connectivity index (χ0n) is 22.2. The number of thiocarbonyl (C=S) groups is 1. The normalized spacial score (nSPS) is 14.2. The second-order valence-corrected chi connectivity index (χ2v) is 10.0. The molecule has 4 aromatic rings. The molecule has 0 saturated carbocycles. The van der Waals surface area contributed by atoms with Crippen molar-refractivity contribution in [3.05, 3.63) is 113 Å². The molecule has 4 N–H and O–H groups in total. The van der Waals surface area contributed by atoms with Gasteiger partial charge in [0, 0.05) is 22.7 Å². The van der Waals surface area contributed by atoms with Crippen molar-refractivity contribution in [3.8, 4) is 0 Å². The smallest absolute Gasteiger partial charge is 0.414 e. The molecule has 0 spiro atoms. The molecular formula is C31H28FN5O3S. The number of carbonyl (C=O) groups is 1. The lowest BCUT2D eigenvalue weighted by molar-refractivity contribution is 0.143. The molecule has 0 aliphatic carbocycles. The minimum absolute atomic E-state index is 0.200. The number of amides is 1. The molecule has 4 aromatic carbocycles. The summed E-state index contributed by atoms with van der Waals surface area (Å²) in [6, 6.07) is 28.2. The van der Waals surface area contributed by atoms with Gasteiger partial charge in [0.05, 0.1) is 35.1 Å². The van der Waals surface area contributed by atoms with E-state index in [0.717, 1.165) is 17.1 Å². The quantitative estimate of drug-likeness (QED) is 0.166. The summed E-state index contributed by atoms with van der Waals surface area (Å²) in [6.07, 6.45) is -0.933. The Balaban J connectivity index is 1.23. The summed E-state index contributed by atoms with van der Waals surface area (Å²) in [4.78, 5) is 27.0. The molecular weight excluding hydrogens is 541 g/mol. The van der Waals surface area contributed by atoms with Crippen LogP contribution < -0.4 is 31.6 Å². The summed E-state index contributed by atoms with van der Waals surface area (Å²) in [5, 5.41) is 12.4. The average Bonchev–Trinajstić information content (AvgIpc) is 3.26. The van der Waals surface area contributed by atoms with E-state index in [4.69, 9.17) is 17.0 Å². The van der Waals surface area contributed by atoms with Crippen molar-refractivity contribution in [3.63, 3.8) is 0 Å². The number of ether oxygens (including phenoxy) is 1. The van der Waals surface area contributed by atoms with Crippen LogP contribution in [-0.2, 0) is 4.74 Å². The highest BCUT2D eigenvalue weighted by molar-refractivity contribution is 7.80. The van der Waals surface area contributed by atoms with Gasteiger partial charge in [-0.15, -0.1) is 0 Å².